The van der Waals surface area contributed by atoms with Crippen molar-refractivity contribution >= 4 is 0 Å². The van der Waals surface area contributed by atoms with Crippen molar-refractivity contribution in [3.8, 4) is 0 Å². The first kappa shape index (κ1) is 14.5. The number of nitrogens with zero attached hydrogens (tertiary/aromatic N) is 1. The van der Waals surface area contributed by atoms with Crippen molar-refractivity contribution in [2.75, 3.05) is 0 Å². The van der Waals surface area contributed by atoms with Gasteiger partial charge in [-0.25, -0.2) is 0 Å². The predicted octanol–water partition coefficient (Wildman–Crippen LogP) is 3.98. The van der Waals surface area contributed by atoms with Crippen LogP contribution in [0.2, 0.25) is 0 Å². The van der Waals surface area contributed by atoms with E-state index in [9.17, 15) is 5.11 Å². The summed E-state index contributed by atoms with van der Waals surface area (Å²) in [6.45, 7) is 2.27. The minimum absolute atomic E-state index is 0.184. The van der Waals surface area contributed by atoms with Crippen LogP contribution in [-0.4, -0.2) is 16.2 Å². The SMILES string of the molecule is CCCCC1CCC(C(O)Cc2cccnc2)CC1. The lowest BCUT2D eigenvalue weighted by molar-refractivity contribution is 0.0725. The topological polar surface area (TPSA) is 33.1 Å². The minimum Gasteiger partial charge on any atom is -0.392 e. The number of aliphatic hydroxyl groups excluding tert-OH is 1. The lowest BCUT2D eigenvalue weighted by atomic mass is 9.76. The number of hydrogen-bond acceptors (Lipinski definition) is 2. The molecule has 2 rings (SSSR count). The van der Waals surface area contributed by atoms with E-state index in [-0.39, 0.29) is 6.10 Å². The molecule has 1 fully saturated rings. The average molecular weight is 261 g/mol. The summed E-state index contributed by atoms with van der Waals surface area (Å²) >= 11 is 0. The molecule has 0 bridgehead atoms. The molecule has 1 aliphatic carbocycles. The fourth-order valence-corrected chi connectivity index (χ4v) is 3.28. The van der Waals surface area contributed by atoms with Gasteiger partial charge in [0.25, 0.3) is 0 Å². The van der Waals surface area contributed by atoms with Gasteiger partial charge in [-0.3, -0.25) is 4.98 Å². The van der Waals surface area contributed by atoms with Crippen LogP contribution in [0.5, 0.6) is 0 Å². The molecule has 2 nitrogen and oxygen atoms in total. The zero-order valence-corrected chi connectivity index (χ0v) is 12.1. The number of rotatable bonds is 6. The van der Waals surface area contributed by atoms with Crippen LogP contribution in [0.1, 0.15) is 57.4 Å². The van der Waals surface area contributed by atoms with Crippen LogP contribution >= 0.6 is 0 Å². The molecule has 1 atom stereocenters. The van der Waals surface area contributed by atoms with Gasteiger partial charge in [-0.05, 0) is 36.3 Å². The molecule has 0 amide bonds. The van der Waals surface area contributed by atoms with Crippen molar-refractivity contribution in [2.24, 2.45) is 11.8 Å². The van der Waals surface area contributed by atoms with E-state index in [1.54, 1.807) is 6.20 Å². The third-order valence-electron chi connectivity index (χ3n) is 4.57. The molecule has 1 aromatic rings. The quantitative estimate of drug-likeness (QED) is 0.840. The normalized spacial score (nSPS) is 25.2. The highest BCUT2D eigenvalue weighted by Gasteiger charge is 2.26. The van der Waals surface area contributed by atoms with Gasteiger partial charge in [-0.15, -0.1) is 0 Å². The average Bonchev–Trinajstić information content (AvgIpc) is 2.46. The van der Waals surface area contributed by atoms with Crippen LogP contribution in [0.15, 0.2) is 24.5 Å². The van der Waals surface area contributed by atoms with Crippen molar-refractivity contribution in [1.82, 2.24) is 4.98 Å². The van der Waals surface area contributed by atoms with Crippen LogP contribution in [0.25, 0.3) is 0 Å². The molecule has 0 saturated heterocycles. The van der Waals surface area contributed by atoms with Gasteiger partial charge in [-0.1, -0.05) is 45.1 Å². The zero-order chi connectivity index (χ0) is 13.5. The van der Waals surface area contributed by atoms with Gasteiger partial charge in [0.1, 0.15) is 0 Å². The van der Waals surface area contributed by atoms with Gasteiger partial charge in [0.15, 0.2) is 0 Å². The third-order valence-corrected chi connectivity index (χ3v) is 4.57. The first-order valence-corrected chi connectivity index (χ1v) is 7.86. The van der Waals surface area contributed by atoms with E-state index in [1.807, 2.05) is 12.3 Å². The van der Waals surface area contributed by atoms with E-state index in [2.05, 4.69) is 18.0 Å². The molecule has 1 aromatic heterocycles. The molecular formula is C17H27NO. The first-order chi connectivity index (χ1) is 9.29. The third kappa shape index (κ3) is 4.61. The summed E-state index contributed by atoms with van der Waals surface area (Å²) in [6.07, 6.45) is 13.3. The zero-order valence-electron chi connectivity index (χ0n) is 12.1. The van der Waals surface area contributed by atoms with Crippen LogP contribution in [0.4, 0.5) is 0 Å². The van der Waals surface area contributed by atoms with Gasteiger partial charge in [-0.2, -0.15) is 0 Å². The molecule has 1 heterocycles. The molecule has 1 saturated carbocycles. The monoisotopic (exact) mass is 261 g/mol. The fourth-order valence-electron chi connectivity index (χ4n) is 3.28. The van der Waals surface area contributed by atoms with E-state index < -0.39 is 0 Å². The summed E-state index contributed by atoms with van der Waals surface area (Å²) in [5.41, 5.74) is 1.16. The number of hydrogen-bond donors (Lipinski definition) is 1. The first-order valence-electron chi connectivity index (χ1n) is 7.86. The number of unbranched alkanes of at least 4 members (excludes halogenated alkanes) is 1. The summed E-state index contributed by atoms with van der Waals surface area (Å²) < 4.78 is 0. The molecular weight excluding hydrogens is 234 g/mol. The Kier molecular flexibility index (Phi) is 5.84. The number of aliphatic hydroxyl groups is 1. The molecule has 0 aliphatic heterocycles. The molecule has 106 valence electrons. The second-order valence-electron chi connectivity index (χ2n) is 6.06. The van der Waals surface area contributed by atoms with E-state index in [0.29, 0.717) is 5.92 Å². The number of aromatic nitrogens is 1. The summed E-state index contributed by atoms with van der Waals surface area (Å²) in [6, 6.07) is 4.01. The van der Waals surface area contributed by atoms with Gasteiger partial charge in [0.2, 0.25) is 0 Å². The summed E-state index contributed by atoms with van der Waals surface area (Å²) in [7, 11) is 0. The van der Waals surface area contributed by atoms with Crippen molar-refractivity contribution in [1.29, 1.82) is 0 Å². The fraction of sp³-hybridized carbons (Fsp3) is 0.706. The molecule has 0 aromatic carbocycles. The number of pyridine rings is 1. The Morgan fingerprint density at radius 2 is 2.11 bits per heavy atom. The van der Waals surface area contributed by atoms with E-state index in [1.165, 1.54) is 44.9 Å². The molecule has 1 unspecified atom stereocenters. The van der Waals surface area contributed by atoms with Crippen LogP contribution in [0, 0.1) is 11.8 Å². The molecule has 2 heteroatoms. The van der Waals surface area contributed by atoms with Crippen molar-refractivity contribution < 1.29 is 5.11 Å². The van der Waals surface area contributed by atoms with Gasteiger partial charge >= 0.3 is 0 Å². The predicted molar refractivity (Wildman–Crippen MR) is 78.9 cm³/mol. The molecule has 1 N–H and O–H groups in total. The van der Waals surface area contributed by atoms with Crippen molar-refractivity contribution in [3.63, 3.8) is 0 Å². The smallest absolute Gasteiger partial charge is 0.0609 e. The maximum absolute atomic E-state index is 10.4. The Morgan fingerprint density at radius 3 is 2.74 bits per heavy atom. The Hall–Kier alpha value is -0.890. The van der Waals surface area contributed by atoms with E-state index in [4.69, 9.17) is 0 Å². The molecule has 1 aliphatic rings. The second kappa shape index (κ2) is 7.64. The standard InChI is InChI=1S/C17H27NO/c1-2-3-5-14-7-9-16(10-8-14)17(19)12-15-6-4-11-18-13-15/h4,6,11,13-14,16-17,19H,2-3,5,7-10,12H2,1H3. The van der Waals surface area contributed by atoms with Gasteiger partial charge in [0.05, 0.1) is 6.10 Å². The van der Waals surface area contributed by atoms with Crippen LogP contribution in [-0.2, 0) is 6.42 Å². The lowest BCUT2D eigenvalue weighted by Crippen LogP contribution is -2.27. The molecule has 0 spiro atoms. The Morgan fingerprint density at radius 1 is 1.32 bits per heavy atom. The molecule has 19 heavy (non-hydrogen) atoms. The van der Waals surface area contributed by atoms with Crippen molar-refractivity contribution in [3.05, 3.63) is 30.1 Å². The highest BCUT2D eigenvalue weighted by Crippen LogP contribution is 2.34. The summed E-state index contributed by atoms with van der Waals surface area (Å²) in [5, 5.41) is 10.4. The van der Waals surface area contributed by atoms with Crippen LogP contribution in [0.3, 0.4) is 0 Å². The van der Waals surface area contributed by atoms with Gasteiger partial charge < -0.3 is 5.11 Å². The van der Waals surface area contributed by atoms with Gasteiger partial charge in [0, 0.05) is 18.8 Å². The highest BCUT2D eigenvalue weighted by atomic mass is 16.3. The maximum Gasteiger partial charge on any atom is 0.0609 e. The van der Waals surface area contributed by atoms with Crippen LogP contribution < -0.4 is 0 Å². The largest absolute Gasteiger partial charge is 0.392 e. The van der Waals surface area contributed by atoms with E-state index in [0.717, 1.165) is 17.9 Å². The van der Waals surface area contributed by atoms with E-state index >= 15 is 0 Å². The van der Waals surface area contributed by atoms with Crippen molar-refractivity contribution in [2.45, 2.75) is 64.4 Å². The Labute approximate surface area is 117 Å². The summed E-state index contributed by atoms with van der Waals surface area (Å²) in [4.78, 5) is 4.12. The Bertz CT molecular complexity index is 344. The summed E-state index contributed by atoms with van der Waals surface area (Å²) in [5.74, 6) is 1.42. The molecule has 0 radical (unpaired) electrons. The minimum atomic E-state index is -0.184. The lowest BCUT2D eigenvalue weighted by Gasteiger charge is -2.31. The Balaban J connectivity index is 1.74. The maximum atomic E-state index is 10.4. The highest BCUT2D eigenvalue weighted by molar-refractivity contribution is 5.09. The second-order valence-corrected chi connectivity index (χ2v) is 6.06.